The lowest BCUT2D eigenvalue weighted by Crippen LogP contribution is -2.10. The molecule has 0 spiro atoms. The Hall–Kier alpha value is -6.47. The molecule has 0 atom stereocenters. The summed E-state index contributed by atoms with van der Waals surface area (Å²) in [5.41, 5.74) is 0.608. The third kappa shape index (κ3) is 9.80. The molecule has 0 aliphatic carbocycles. The number of benzene rings is 3. The van der Waals surface area contributed by atoms with Crippen molar-refractivity contribution in [3.63, 3.8) is 0 Å². The number of halogens is 1. The zero-order chi connectivity index (χ0) is 32.8. The monoisotopic (exact) mass is 608 g/mol. The highest BCUT2D eigenvalue weighted by molar-refractivity contribution is 5.86. The Morgan fingerprint density at radius 2 is 1.31 bits per heavy atom. The minimum atomic E-state index is -1.09. The van der Waals surface area contributed by atoms with Gasteiger partial charge in [-0.25, -0.2) is 23.6 Å². The normalized spacial score (nSPS) is 9.98. The van der Waals surface area contributed by atoms with Crippen LogP contribution in [0.3, 0.4) is 0 Å². The van der Waals surface area contributed by atoms with E-state index in [1.165, 1.54) is 30.3 Å². The molecular formula is C35H25FO9. The van der Waals surface area contributed by atoms with Gasteiger partial charge in [-0.1, -0.05) is 50.3 Å². The second-order valence-corrected chi connectivity index (χ2v) is 8.52. The van der Waals surface area contributed by atoms with Gasteiger partial charge in [0.1, 0.15) is 23.9 Å². The summed E-state index contributed by atoms with van der Waals surface area (Å²) in [6.45, 7) is 13.3. The molecule has 0 aliphatic heterocycles. The standard InChI is InChI=1S/C35H25FO9/c1-5-30(37)42-26-16-13-23(14-17-26)12-15-25-21-29(44-32(39)7-3)28(34(36)35(25)45-33(40)8-4)18-19-41-22-24-10-9-11-27(20-24)43-31(38)6-2/h5-11,13-14,16-21H,1-4,22H2. The van der Waals surface area contributed by atoms with Crippen LogP contribution in [-0.2, 0) is 30.5 Å². The quantitative estimate of drug-likeness (QED) is 0.0830. The lowest BCUT2D eigenvalue weighted by Gasteiger charge is -2.13. The van der Waals surface area contributed by atoms with Crippen LogP contribution in [0.15, 0.2) is 111 Å². The van der Waals surface area contributed by atoms with Gasteiger partial charge in [0, 0.05) is 35.9 Å². The summed E-state index contributed by atoms with van der Waals surface area (Å²) in [6.07, 6.45) is 6.05. The fraction of sp³-hybridized carbons (Fsp3) is 0.0286. The molecule has 3 rings (SSSR count). The van der Waals surface area contributed by atoms with E-state index >= 15 is 4.39 Å². The summed E-state index contributed by atoms with van der Waals surface area (Å²) < 4.78 is 41.9. The van der Waals surface area contributed by atoms with E-state index in [1.807, 2.05) is 0 Å². The zero-order valence-electron chi connectivity index (χ0n) is 23.7. The molecule has 0 fully saturated rings. The maximum absolute atomic E-state index is 15.9. The molecule has 0 aromatic heterocycles. The topological polar surface area (TPSA) is 114 Å². The maximum Gasteiger partial charge on any atom is 0.335 e. The van der Waals surface area contributed by atoms with Crippen molar-refractivity contribution in [3.05, 3.63) is 140 Å². The van der Waals surface area contributed by atoms with E-state index in [0.29, 0.717) is 11.1 Å². The largest absolute Gasteiger partial charge is 0.496 e. The molecule has 0 unspecified atom stereocenters. The fourth-order valence-corrected chi connectivity index (χ4v) is 3.37. The second kappa shape index (κ2) is 16.2. The first-order valence-electron chi connectivity index (χ1n) is 12.9. The van der Waals surface area contributed by atoms with Gasteiger partial charge in [-0.15, -0.1) is 0 Å². The SMILES string of the molecule is C=CC(=O)Oc1ccc(C#Cc2cc(OC(=O)C=C)c(C=COCc3cccc(OC(=O)C=C)c3)c(F)c2OC(=O)C=C)cc1. The summed E-state index contributed by atoms with van der Waals surface area (Å²) in [6, 6.07) is 13.7. The lowest BCUT2D eigenvalue weighted by atomic mass is 10.1. The molecule has 0 aliphatic rings. The highest BCUT2D eigenvalue weighted by atomic mass is 19.1. The molecular weight excluding hydrogens is 583 g/mol. The van der Waals surface area contributed by atoms with Gasteiger partial charge in [0.15, 0.2) is 11.6 Å². The van der Waals surface area contributed by atoms with Crippen LogP contribution in [0.2, 0.25) is 0 Å². The molecule has 3 aromatic carbocycles. The van der Waals surface area contributed by atoms with Crippen molar-refractivity contribution in [1.29, 1.82) is 0 Å². The Balaban J connectivity index is 1.97. The molecule has 9 nitrogen and oxygen atoms in total. The number of ether oxygens (including phenoxy) is 5. The van der Waals surface area contributed by atoms with E-state index in [1.54, 1.807) is 24.3 Å². The molecule has 0 saturated carbocycles. The summed E-state index contributed by atoms with van der Waals surface area (Å²) in [5, 5.41) is 0. The minimum absolute atomic E-state index is 0.00712. The van der Waals surface area contributed by atoms with Crippen molar-refractivity contribution in [2.24, 2.45) is 0 Å². The van der Waals surface area contributed by atoms with E-state index in [4.69, 9.17) is 23.7 Å². The predicted octanol–water partition coefficient (Wildman–Crippen LogP) is 5.78. The second-order valence-electron chi connectivity index (χ2n) is 8.52. The van der Waals surface area contributed by atoms with Crippen LogP contribution in [0, 0.1) is 17.7 Å². The highest BCUT2D eigenvalue weighted by Gasteiger charge is 2.22. The molecule has 0 heterocycles. The summed E-state index contributed by atoms with van der Waals surface area (Å²) in [4.78, 5) is 47.0. The van der Waals surface area contributed by atoms with Crippen LogP contribution in [-0.4, -0.2) is 23.9 Å². The Labute approximate surface area is 258 Å². The van der Waals surface area contributed by atoms with E-state index in [2.05, 4.69) is 38.2 Å². The Morgan fingerprint density at radius 3 is 1.96 bits per heavy atom. The summed E-state index contributed by atoms with van der Waals surface area (Å²) in [5.74, 6) is 0.956. The molecule has 0 bridgehead atoms. The number of rotatable bonds is 12. The molecule has 10 heteroatoms. The van der Waals surface area contributed by atoms with Gasteiger partial charge in [0.25, 0.3) is 0 Å². The van der Waals surface area contributed by atoms with Crippen molar-refractivity contribution >= 4 is 30.0 Å². The van der Waals surface area contributed by atoms with Gasteiger partial charge in [-0.2, -0.15) is 0 Å². The van der Waals surface area contributed by atoms with Gasteiger partial charge in [-0.05, 0) is 48.0 Å². The van der Waals surface area contributed by atoms with E-state index in [9.17, 15) is 19.2 Å². The van der Waals surface area contributed by atoms with E-state index in [-0.39, 0.29) is 35.0 Å². The average molecular weight is 609 g/mol. The predicted molar refractivity (Wildman–Crippen MR) is 162 cm³/mol. The van der Waals surface area contributed by atoms with Gasteiger partial charge in [0.05, 0.1) is 17.4 Å². The van der Waals surface area contributed by atoms with Crippen LogP contribution in [0.4, 0.5) is 4.39 Å². The first kappa shape index (κ1) is 33.0. The number of carbonyl (C=O) groups is 4. The van der Waals surface area contributed by atoms with Crippen molar-refractivity contribution < 1.29 is 47.3 Å². The Morgan fingerprint density at radius 1 is 0.711 bits per heavy atom. The third-order valence-electron chi connectivity index (χ3n) is 5.41. The Kier molecular flexibility index (Phi) is 11.9. The lowest BCUT2D eigenvalue weighted by molar-refractivity contribution is -0.130. The van der Waals surface area contributed by atoms with E-state index < -0.39 is 35.4 Å². The van der Waals surface area contributed by atoms with Gasteiger partial charge in [0.2, 0.25) is 0 Å². The molecule has 0 radical (unpaired) electrons. The van der Waals surface area contributed by atoms with Gasteiger partial charge in [-0.3, -0.25) is 0 Å². The molecule has 0 N–H and O–H groups in total. The van der Waals surface area contributed by atoms with E-state index in [0.717, 1.165) is 36.6 Å². The van der Waals surface area contributed by atoms with Crippen molar-refractivity contribution in [2.75, 3.05) is 0 Å². The van der Waals surface area contributed by atoms with Crippen molar-refractivity contribution in [1.82, 2.24) is 0 Å². The van der Waals surface area contributed by atoms with Crippen LogP contribution in [0.1, 0.15) is 22.3 Å². The maximum atomic E-state index is 15.9. The first-order chi connectivity index (χ1) is 21.7. The van der Waals surface area contributed by atoms with Gasteiger partial charge < -0.3 is 23.7 Å². The highest BCUT2D eigenvalue weighted by Crippen LogP contribution is 2.35. The summed E-state index contributed by atoms with van der Waals surface area (Å²) >= 11 is 0. The fourth-order valence-electron chi connectivity index (χ4n) is 3.37. The first-order valence-corrected chi connectivity index (χ1v) is 12.9. The van der Waals surface area contributed by atoms with Crippen molar-refractivity contribution in [2.45, 2.75) is 6.61 Å². The average Bonchev–Trinajstić information content (AvgIpc) is 3.05. The number of esters is 4. The summed E-state index contributed by atoms with van der Waals surface area (Å²) in [7, 11) is 0. The number of hydrogen-bond acceptors (Lipinski definition) is 9. The van der Waals surface area contributed by atoms with Crippen LogP contribution >= 0.6 is 0 Å². The third-order valence-corrected chi connectivity index (χ3v) is 5.41. The molecule has 3 aromatic rings. The number of carbonyl (C=O) groups excluding carboxylic acids is 4. The molecule has 226 valence electrons. The van der Waals surface area contributed by atoms with Crippen molar-refractivity contribution in [3.8, 4) is 34.8 Å². The van der Waals surface area contributed by atoms with Crippen LogP contribution < -0.4 is 18.9 Å². The molecule has 0 amide bonds. The minimum Gasteiger partial charge on any atom is -0.496 e. The number of hydrogen-bond donors (Lipinski definition) is 0. The molecule has 0 saturated heterocycles. The van der Waals surface area contributed by atoms with Crippen LogP contribution in [0.25, 0.3) is 6.08 Å². The Bertz CT molecular complexity index is 1760. The molecule has 45 heavy (non-hydrogen) atoms. The van der Waals surface area contributed by atoms with Gasteiger partial charge >= 0.3 is 23.9 Å². The van der Waals surface area contributed by atoms with Crippen LogP contribution in [0.5, 0.6) is 23.0 Å². The smallest absolute Gasteiger partial charge is 0.335 e. The zero-order valence-corrected chi connectivity index (χ0v) is 23.7.